The molecule has 9 unspecified atom stereocenters. The average molecular weight is 702 g/mol. The molecule has 14 heteroatoms. The van der Waals surface area contributed by atoms with E-state index in [1.54, 1.807) is 58.0 Å². The van der Waals surface area contributed by atoms with Crippen LogP contribution in [-0.2, 0) is 38.0 Å². The number of aliphatic hydroxyl groups excluding tert-OH is 4. The summed E-state index contributed by atoms with van der Waals surface area (Å²) in [5.74, 6) is -1.64. The fourth-order valence-electron chi connectivity index (χ4n) is 7.04. The molecule has 0 saturated carbocycles. The molecule has 16 atom stereocenters. The number of allylic oxidation sites excluding steroid dienone is 2. The zero-order chi connectivity index (χ0) is 36.6. The number of hydrogen-bond acceptors (Lipinski definition) is 14. The van der Waals surface area contributed by atoms with Crippen LogP contribution < -0.4 is 0 Å². The van der Waals surface area contributed by atoms with E-state index >= 15 is 0 Å². The summed E-state index contributed by atoms with van der Waals surface area (Å²) in [5.41, 5.74) is -1.46. The summed E-state index contributed by atoms with van der Waals surface area (Å²) >= 11 is 0. The highest BCUT2D eigenvalue weighted by molar-refractivity contribution is 5.70. The summed E-state index contributed by atoms with van der Waals surface area (Å²) < 4.78 is 36.1. The van der Waals surface area contributed by atoms with Gasteiger partial charge in [-0.1, -0.05) is 31.2 Å². The van der Waals surface area contributed by atoms with Crippen LogP contribution in [0.2, 0.25) is 0 Å². The van der Waals surface area contributed by atoms with Gasteiger partial charge in [0.05, 0.1) is 48.6 Å². The molecule has 3 aliphatic heterocycles. The first kappa shape index (κ1) is 41.6. The number of hydrogen-bond donors (Lipinski definition) is 5. The number of carbonyl (C=O) groups excluding carboxylic acids is 2. The van der Waals surface area contributed by atoms with Gasteiger partial charge in [0.25, 0.3) is 0 Å². The maximum atomic E-state index is 12.8. The Morgan fingerprint density at radius 3 is 2.31 bits per heavy atom. The predicted octanol–water partition coefficient (Wildman–Crippen LogP) is 0.846. The van der Waals surface area contributed by atoms with Crippen LogP contribution >= 0.6 is 0 Å². The highest BCUT2D eigenvalue weighted by Gasteiger charge is 2.51. The number of nitrogens with zero attached hydrogens (tertiary/aromatic N) is 1. The molecule has 0 radical (unpaired) electrons. The van der Waals surface area contributed by atoms with E-state index in [1.165, 1.54) is 14.0 Å². The third-order valence-corrected chi connectivity index (χ3v) is 9.83. The van der Waals surface area contributed by atoms with Crippen molar-refractivity contribution in [2.45, 2.75) is 152 Å². The summed E-state index contributed by atoms with van der Waals surface area (Å²) in [7, 11) is 4.86. The average Bonchev–Trinajstić information content (AvgIpc) is 3.00. The first-order valence-electron chi connectivity index (χ1n) is 17.2. The van der Waals surface area contributed by atoms with Crippen LogP contribution in [0.25, 0.3) is 0 Å². The predicted molar refractivity (Wildman–Crippen MR) is 177 cm³/mol. The molecule has 0 spiro atoms. The van der Waals surface area contributed by atoms with Crippen LogP contribution in [0.4, 0.5) is 0 Å². The lowest BCUT2D eigenvalue weighted by atomic mass is 9.82. The second kappa shape index (κ2) is 18.6. The van der Waals surface area contributed by atoms with Crippen molar-refractivity contribution in [2.24, 2.45) is 11.8 Å². The van der Waals surface area contributed by atoms with Crippen LogP contribution in [-0.4, -0.2) is 149 Å². The van der Waals surface area contributed by atoms with Gasteiger partial charge in [-0.25, -0.2) is 0 Å². The van der Waals surface area contributed by atoms with Gasteiger partial charge in [0.2, 0.25) is 0 Å². The summed E-state index contributed by atoms with van der Waals surface area (Å²) in [4.78, 5) is 26.6. The number of esters is 1. The maximum Gasteiger partial charge on any atom is 0.308 e. The SMILES string of the molecule is COC1C(O)CC(=O)OC(C)C/C=C/C=C/C(O)C(C)CC(CC=O)C1OC1O[C@H](C)[C@@H](OC2C[C@](C)(O)[C@H](O)[C@@H](C)O2)[C@H](N(C)C)[C@H]1O. The van der Waals surface area contributed by atoms with Crippen LogP contribution in [0, 0.1) is 11.8 Å². The van der Waals surface area contributed by atoms with Gasteiger partial charge < -0.3 is 63.6 Å². The molecule has 49 heavy (non-hydrogen) atoms. The smallest absolute Gasteiger partial charge is 0.308 e. The van der Waals surface area contributed by atoms with Gasteiger partial charge in [0.15, 0.2) is 12.6 Å². The summed E-state index contributed by atoms with van der Waals surface area (Å²) in [6, 6.07) is -0.721. The highest BCUT2D eigenvalue weighted by Crippen LogP contribution is 2.36. The van der Waals surface area contributed by atoms with Crippen LogP contribution in [0.1, 0.15) is 66.7 Å². The van der Waals surface area contributed by atoms with Crippen molar-refractivity contribution in [3.63, 3.8) is 0 Å². The van der Waals surface area contributed by atoms with Gasteiger partial charge in [0, 0.05) is 26.4 Å². The zero-order valence-electron chi connectivity index (χ0n) is 30.0. The zero-order valence-corrected chi connectivity index (χ0v) is 30.0. The number of aldehydes is 1. The van der Waals surface area contributed by atoms with Gasteiger partial charge in [-0.3, -0.25) is 4.79 Å². The van der Waals surface area contributed by atoms with Crippen LogP contribution in [0.5, 0.6) is 0 Å². The highest BCUT2D eigenvalue weighted by atomic mass is 16.7. The van der Waals surface area contributed by atoms with Crippen molar-refractivity contribution < 1.29 is 63.5 Å². The Hall–Kier alpha value is -1.82. The lowest BCUT2D eigenvalue weighted by molar-refractivity contribution is -0.344. The molecule has 0 aliphatic carbocycles. The molecule has 3 rings (SSSR count). The van der Waals surface area contributed by atoms with Crippen LogP contribution in [0.3, 0.4) is 0 Å². The number of cyclic esters (lactones) is 1. The van der Waals surface area contributed by atoms with Crippen molar-refractivity contribution in [3.05, 3.63) is 24.3 Å². The third kappa shape index (κ3) is 11.1. The van der Waals surface area contributed by atoms with E-state index in [0.29, 0.717) is 6.42 Å². The Morgan fingerprint density at radius 1 is 1.00 bits per heavy atom. The number of rotatable bonds is 8. The second-order valence-corrected chi connectivity index (χ2v) is 14.3. The number of carbonyl (C=O) groups is 2. The first-order chi connectivity index (χ1) is 23.0. The van der Waals surface area contributed by atoms with Crippen molar-refractivity contribution >= 4 is 12.3 Å². The Labute approximate surface area is 289 Å². The molecule has 0 aromatic carbocycles. The van der Waals surface area contributed by atoms with Gasteiger partial charge in [-0.05, 0) is 60.0 Å². The molecule has 282 valence electrons. The van der Waals surface area contributed by atoms with E-state index in [9.17, 15) is 35.1 Å². The van der Waals surface area contributed by atoms with Crippen molar-refractivity contribution in [1.82, 2.24) is 4.90 Å². The summed E-state index contributed by atoms with van der Waals surface area (Å²) in [5, 5.41) is 55.2. The number of methoxy groups -OCH3 is 1. The molecular weight excluding hydrogens is 642 g/mol. The molecule has 2 fully saturated rings. The Kier molecular flexibility index (Phi) is 15.8. The fourth-order valence-corrected chi connectivity index (χ4v) is 7.04. The molecule has 0 aromatic rings. The Bertz CT molecular complexity index is 1100. The van der Waals surface area contributed by atoms with Gasteiger partial charge in [0.1, 0.15) is 36.8 Å². The molecule has 14 nitrogen and oxygen atoms in total. The molecular formula is C35H59NO13. The normalized spacial score (nSPS) is 46.2. The van der Waals surface area contributed by atoms with E-state index in [-0.39, 0.29) is 25.2 Å². The first-order valence-corrected chi connectivity index (χ1v) is 17.2. The van der Waals surface area contributed by atoms with Crippen LogP contribution in [0.15, 0.2) is 24.3 Å². The Balaban J connectivity index is 1.94. The molecule has 0 amide bonds. The summed E-state index contributed by atoms with van der Waals surface area (Å²) in [6.07, 6.45) is -4.00. The lowest BCUT2D eigenvalue weighted by Gasteiger charge is -2.50. The van der Waals surface area contributed by atoms with E-state index in [2.05, 4.69) is 0 Å². The number of ether oxygens (including phenoxy) is 6. The quantitative estimate of drug-likeness (QED) is 0.177. The molecule has 5 N–H and O–H groups in total. The van der Waals surface area contributed by atoms with Crippen molar-refractivity contribution in [1.29, 1.82) is 0 Å². The summed E-state index contributed by atoms with van der Waals surface area (Å²) in [6.45, 7) is 8.44. The van der Waals surface area contributed by atoms with E-state index < -0.39 is 104 Å². The van der Waals surface area contributed by atoms with Crippen molar-refractivity contribution in [2.75, 3.05) is 21.2 Å². The fraction of sp³-hybridized carbons (Fsp3) is 0.829. The largest absolute Gasteiger partial charge is 0.462 e. The number of aliphatic hydroxyl groups is 5. The van der Waals surface area contributed by atoms with Gasteiger partial charge in [-0.15, -0.1) is 0 Å². The molecule has 0 bridgehead atoms. The van der Waals surface area contributed by atoms with Crippen molar-refractivity contribution in [3.8, 4) is 0 Å². The van der Waals surface area contributed by atoms with Gasteiger partial charge >= 0.3 is 5.97 Å². The second-order valence-electron chi connectivity index (χ2n) is 14.3. The maximum absolute atomic E-state index is 12.8. The van der Waals surface area contributed by atoms with E-state index in [0.717, 1.165) is 6.29 Å². The Morgan fingerprint density at radius 2 is 1.69 bits per heavy atom. The molecule has 2 saturated heterocycles. The molecule has 3 aliphatic rings. The standard InChI is InChI=1S/C35H59NO13/c1-19-16-23(14-15-37)31(32(44-8)25(39)17-26(40)45-20(2)12-10-9-11-13-24(19)38)49-34-29(41)28(36(6)7)30(21(3)47-34)48-27-18-35(5,43)33(42)22(4)46-27/h9-11,13,15,19-25,27-34,38-39,41-43H,12,14,16-18H2,1-8H3/b10-9+,13-11+/t19?,20?,21-,22-,23?,24?,25?,27?,28-,29-,30-,31?,32?,33-,34?,35+/m1/s1. The monoisotopic (exact) mass is 701 g/mol. The van der Waals surface area contributed by atoms with E-state index in [4.69, 9.17) is 28.4 Å². The minimum absolute atomic E-state index is 0.0164. The lowest BCUT2D eigenvalue weighted by Crippen LogP contribution is -2.65. The molecule has 3 heterocycles. The topological polar surface area (TPSA) is 194 Å². The number of likely N-dealkylation sites (N-methyl/N-ethyl adjacent to an activating group) is 1. The van der Waals surface area contributed by atoms with E-state index in [1.807, 2.05) is 13.0 Å². The minimum Gasteiger partial charge on any atom is -0.462 e. The molecule has 0 aromatic heterocycles. The van der Waals surface area contributed by atoms with Gasteiger partial charge in [-0.2, -0.15) is 0 Å². The third-order valence-electron chi connectivity index (χ3n) is 9.83. The minimum atomic E-state index is -1.46.